The van der Waals surface area contributed by atoms with Crippen molar-refractivity contribution in [2.75, 3.05) is 5.32 Å². The molecule has 0 saturated carbocycles. The van der Waals surface area contributed by atoms with Gasteiger partial charge in [-0.2, -0.15) is 15.5 Å². The van der Waals surface area contributed by atoms with Crippen LogP contribution < -0.4 is 10.9 Å². The molecule has 0 radical (unpaired) electrons. The van der Waals surface area contributed by atoms with Crippen LogP contribution in [0, 0.1) is 22.7 Å². The summed E-state index contributed by atoms with van der Waals surface area (Å²) in [6.07, 6.45) is 1.64. The van der Waals surface area contributed by atoms with Crippen molar-refractivity contribution in [2.24, 2.45) is 0 Å². The van der Waals surface area contributed by atoms with E-state index in [9.17, 15) is 4.79 Å². The van der Waals surface area contributed by atoms with Gasteiger partial charge in [0.25, 0.3) is 5.56 Å². The highest BCUT2D eigenvalue weighted by atomic mass is 16.1. The molecule has 1 aromatic carbocycles. The van der Waals surface area contributed by atoms with Crippen LogP contribution in [0.5, 0.6) is 0 Å². The smallest absolute Gasteiger partial charge is 0.252 e. The molecule has 122 valence electrons. The average molecular weight is 330 g/mol. The van der Waals surface area contributed by atoms with Gasteiger partial charge in [-0.3, -0.25) is 9.36 Å². The van der Waals surface area contributed by atoms with Crippen molar-refractivity contribution in [1.82, 2.24) is 14.5 Å². The Labute approximate surface area is 143 Å². The summed E-state index contributed by atoms with van der Waals surface area (Å²) in [6, 6.07) is 11.9. The number of fused-ring (bicyclic) bond motifs is 1. The van der Waals surface area contributed by atoms with E-state index in [2.05, 4.69) is 15.3 Å². The molecule has 0 unspecified atom stereocenters. The SMILES string of the molecule is CC(C)n1c(=O)ccc2cnc(Nc3ccc(C#N)c(C#N)c3)nc21. The summed E-state index contributed by atoms with van der Waals surface area (Å²) < 4.78 is 1.60. The zero-order chi connectivity index (χ0) is 18.0. The highest BCUT2D eigenvalue weighted by molar-refractivity contribution is 5.76. The standard InChI is InChI=1S/C18H14N6O/c1-11(2)24-16(25)6-4-13-10-21-18(23-17(13)24)22-15-5-3-12(8-19)14(7-15)9-20/h3-7,10-11H,1-2H3,(H,21,22,23). The third kappa shape index (κ3) is 3.04. The van der Waals surface area contributed by atoms with Crippen LogP contribution in [0.2, 0.25) is 0 Å². The van der Waals surface area contributed by atoms with E-state index < -0.39 is 0 Å². The van der Waals surface area contributed by atoms with Crippen LogP contribution in [0.15, 0.2) is 41.3 Å². The van der Waals surface area contributed by atoms with Crippen molar-refractivity contribution in [3.63, 3.8) is 0 Å². The van der Waals surface area contributed by atoms with Gasteiger partial charge in [0.1, 0.15) is 17.8 Å². The van der Waals surface area contributed by atoms with Crippen LogP contribution in [-0.2, 0) is 0 Å². The Morgan fingerprint density at radius 3 is 2.56 bits per heavy atom. The lowest BCUT2D eigenvalue weighted by Crippen LogP contribution is -2.22. The molecule has 3 aromatic rings. The monoisotopic (exact) mass is 330 g/mol. The van der Waals surface area contributed by atoms with Gasteiger partial charge in [-0.25, -0.2) is 4.98 Å². The Balaban J connectivity index is 2.06. The summed E-state index contributed by atoms with van der Waals surface area (Å²) in [5.74, 6) is 0.307. The quantitative estimate of drug-likeness (QED) is 0.791. The lowest BCUT2D eigenvalue weighted by molar-refractivity contribution is 0.595. The third-order valence-electron chi connectivity index (χ3n) is 3.70. The molecule has 0 aliphatic heterocycles. The predicted molar refractivity (Wildman–Crippen MR) is 93.3 cm³/mol. The van der Waals surface area contributed by atoms with Crippen molar-refractivity contribution in [3.8, 4) is 12.1 Å². The summed E-state index contributed by atoms with van der Waals surface area (Å²) in [6.45, 7) is 3.83. The summed E-state index contributed by atoms with van der Waals surface area (Å²) in [5.41, 5.74) is 1.57. The second-order valence-electron chi connectivity index (χ2n) is 5.72. The summed E-state index contributed by atoms with van der Waals surface area (Å²) >= 11 is 0. The average Bonchev–Trinajstić information content (AvgIpc) is 2.61. The number of aromatic nitrogens is 3. The van der Waals surface area contributed by atoms with E-state index in [0.717, 1.165) is 5.39 Å². The maximum atomic E-state index is 12.1. The summed E-state index contributed by atoms with van der Waals surface area (Å²) in [5, 5.41) is 21.9. The molecule has 2 heterocycles. The minimum atomic E-state index is -0.128. The Morgan fingerprint density at radius 1 is 1.12 bits per heavy atom. The number of pyridine rings is 1. The van der Waals surface area contributed by atoms with Crippen molar-refractivity contribution in [1.29, 1.82) is 10.5 Å². The van der Waals surface area contributed by atoms with Crippen molar-refractivity contribution in [2.45, 2.75) is 19.9 Å². The van der Waals surface area contributed by atoms with Gasteiger partial charge >= 0.3 is 0 Å². The van der Waals surface area contributed by atoms with Gasteiger partial charge in [0.05, 0.1) is 11.1 Å². The highest BCUT2D eigenvalue weighted by Gasteiger charge is 2.10. The fraction of sp³-hybridized carbons (Fsp3) is 0.167. The largest absolute Gasteiger partial charge is 0.324 e. The molecule has 0 bridgehead atoms. The Hall–Kier alpha value is -3.71. The minimum Gasteiger partial charge on any atom is -0.324 e. The van der Waals surface area contributed by atoms with Crippen LogP contribution in [-0.4, -0.2) is 14.5 Å². The molecular formula is C18H14N6O. The van der Waals surface area contributed by atoms with Gasteiger partial charge in [-0.05, 0) is 38.1 Å². The van der Waals surface area contributed by atoms with E-state index in [-0.39, 0.29) is 17.2 Å². The number of hydrogen-bond donors (Lipinski definition) is 1. The maximum Gasteiger partial charge on any atom is 0.252 e. The summed E-state index contributed by atoms with van der Waals surface area (Å²) in [4.78, 5) is 20.8. The molecule has 0 aliphatic carbocycles. The lowest BCUT2D eigenvalue weighted by Gasteiger charge is -2.13. The first-order valence-electron chi connectivity index (χ1n) is 7.63. The van der Waals surface area contributed by atoms with E-state index in [1.165, 1.54) is 6.07 Å². The van der Waals surface area contributed by atoms with Crippen molar-refractivity contribution >= 4 is 22.7 Å². The minimum absolute atomic E-state index is 0.0425. The van der Waals surface area contributed by atoms with Crippen LogP contribution in [0.25, 0.3) is 11.0 Å². The molecule has 2 aromatic heterocycles. The molecule has 25 heavy (non-hydrogen) atoms. The Kier molecular flexibility index (Phi) is 4.15. The van der Waals surface area contributed by atoms with E-state index in [0.29, 0.717) is 22.8 Å². The number of nitrogens with zero attached hydrogens (tertiary/aromatic N) is 5. The normalized spacial score (nSPS) is 10.4. The summed E-state index contributed by atoms with van der Waals surface area (Å²) in [7, 11) is 0. The predicted octanol–water partition coefficient (Wildman–Crippen LogP) is 2.86. The fourth-order valence-corrected chi connectivity index (χ4v) is 2.54. The lowest BCUT2D eigenvalue weighted by atomic mass is 10.1. The topological polar surface area (TPSA) is 107 Å². The van der Waals surface area contributed by atoms with Crippen molar-refractivity contribution in [3.05, 3.63) is 58.0 Å². The van der Waals surface area contributed by atoms with Gasteiger partial charge in [0.2, 0.25) is 5.95 Å². The van der Waals surface area contributed by atoms with E-state index >= 15 is 0 Å². The van der Waals surface area contributed by atoms with Gasteiger partial charge in [0, 0.05) is 29.4 Å². The molecular weight excluding hydrogens is 316 g/mol. The number of nitrogens with one attached hydrogen (secondary N) is 1. The maximum absolute atomic E-state index is 12.1. The first kappa shape index (κ1) is 16.2. The zero-order valence-electron chi connectivity index (χ0n) is 13.7. The molecule has 7 nitrogen and oxygen atoms in total. The molecule has 0 fully saturated rings. The third-order valence-corrected chi connectivity index (χ3v) is 3.70. The fourth-order valence-electron chi connectivity index (χ4n) is 2.54. The molecule has 1 N–H and O–H groups in total. The molecule has 3 rings (SSSR count). The van der Waals surface area contributed by atoms with Crippen LogP contribution in [0.3, 0.4) is 0 Å². The van der Waals surface area contributed by atoms with Crippen LogP contribution in [0.1, 0.15) is 31.0 Å². The number of hydrogen-bond acceptors (Lipinski definition) is 6. The molecule has 0 aliphatic rings. The Bertz CT molecular complexity index is 1100. The molecule has 0 saturated heterocycles. The number of nitriles is 2. The van der Waals surface area contributed by atoms with E-state index in [4.69, 9.17) is 10.5 Å². The van der Waals surface area contributed by atoms with Gasteiger partial charge in [-0.1, -0.05) is 0 Å². The zero-order valence-corrected chi connectivity index (χ0v) is 13.7. The first-order chi connectivity index (χ1) is 12.0. The highest BCUT2D eigenvalue weighted by Crippen LogP contribution is 2.20. The van der Waals surface area contributed by atoms with E-state index in [1.807, 2.05) is 26.0 Å². The van der Waals surface area contributed by atoms with Gasteiger partial charge < -0.3 is 5.32 Å². The van der Waals surface area contributed by atoms with Gasteiger partial charge in [0.15, 0.2) is 0 Å². The second kappa shape index (κ2) is 6.42. The Morgan fingerprint density at radius 2 is 1.88 bits per heavy atom. The number of rotatable bonds is 3. The number of benzene rings is 1. The van der Waals surface area contributed by atoms with Crippen LogP contribution in [0.4, 0.5) is 11.6 Å². The first-order valence-corrected chi connectivity index (χ1v) is 7.63. The van der Waals surface area contributed by atoms with E-state index in [1.54, 1.807) is 35.0 Å². The molecule has 7 heteroatoms. The molecule has 0 atom stereocenters. The van der Waals surface area contributed by atoms with Crippen molar-refractivity contribution < 1.29 is 0 Å². The number of anilines is 2. The molecule has 0 spiro atoms. The second-order valence-corrected chi connectivity index (χ2v) is 5.72. The van der Waals surface area contributed by atoms with Gasteiger partial charge in [-0.15, -0.1) is 0 Å². The van der Waals surface area contributed by atoms with Crippen LogP contribution >= 0.6 is 0 Å². The molecule has 0 amide bonds.